The lowest BCUT2D eigenvalue weighted by Gasteiger charge is -2.10. The first-order valence-electron chi connectivity index (χ1n) is 4.43. The van der Waals surface area contributed by atoms with Gasteiger partial charge in [-0.25, -0.2) is 4.57 Å². The lowest BCUT2D eigenvalue weighted by Crippen LogP contribution is -1.92. The van der Waals surface area contributed by atoms with Crippen molar-refractivity contribution in [1.29, 1.82) is 0 Å². The minimum Gasteiger partial charge on any atom is -0.403 e. The quantitative estimate of drug-likeness (QED) is 0.856. The average molecular weight is 259 g/mol. The standard InChI is InChI=1S/C10H8ClO4P/c11-15-16(12,13)14-10-7-3-5-8-4-1-2-6-9(8)10/h1-7H,(H,12,13). The SMILES string of the molecule is O=P(O)(OCl)Oc1cccc2ccccc12. The second-order valence-electron chi connectivity index (χ2n) is 3.11. The van der Waals surface area contributed by atoms with E-state index < -0.39 is 7.82 Å². The largest absolute Gasteiger partial charge is 0.544 e. The van der Waals surface area contributed by atoms with E-state index in [1.54, 1.807) is 24.3 Å². The molecule has 0 fully saturated rings. The first-order chi connectivity index (χ1) is 7.62. The Labute approximate surface area is 97.2 Å². The van der Waals surface area contributed by atoms with E-state index in [2.05, 4.69) is 4.08 Å². The lowest BCUT2D eigenvalue weighted by atomic mass is 10.1. The molecule has 0 heterocycles. The van der Waals surface area contributed by atoms with Crippen LogP contribution in [0.5, 0.6) is 5.75 Å². The number of phosphoric acid groups is 1. The maximum absolute atomic E-state index is 11.2. The van der Waals surface area contributed by atoms with Crippen LogP contribution in [0.1, 0.15) is 0 Å². The van der Waals surface area contributed by atoms with Crippen LogP contribution in [0.15, 0.2) is 42.5 Å². The molecule has 1 N–H and O–H groups in total. The van der Waals surface area contributed by atoms with Gasteiger partial charge >= 0.3 is 7.82 Å². The van der Waals surface area contributed by atoms with Gasteiger partial charge in [-0.2, -0.15) is 4.08 Å². The van der Waals surface area contributed by atoms with Gasteiger partial charge in [-0.15, -0.1) is 0 Å². The first kappa shape index (κ1) is 11.4. The minimum absolute atomic E-state index is 0.254. The summed E-state index contributed by atoms with van der Waals surface area (Å²) in [6.07, 6.45) is 0. The summed E-state index contributed by atoms with van der Waals surface area (Å²) in [6.45, 7) is 0. The van der Waals surface area contributed by atoms with Crippen molar-refractivity contribution in [2.45, 2.75) is 0 Å². The molecule has 16 heavy (non-hydrogen) atoms. The average Bonchev–Trinajstić information content (AvgIpc) is 2.29. The molecule has 0 aliphatic heterocycles. The van der Waals surface area contributed by atoms with Gasteiger partial charge in [0.15, 0.2) is 0 Å². The molecule has 0 aromatic heterocycles. The van der Waals surface area contributed by atoms with E-state index in [1.165, 1.54) is 0 Å². The highest BCUT2D eigenvalue weighted by Gasteiger charge is 2.23. The molecule has 0 bridgehead atoms. The molecular formula is C10H8ClO4P. The Morgan fingerprint density at radius 2 is 1.81 bits per heavy atom. The Balaban J connectivity index is 2.49. The Bertz CT molecular complexity index is 552. The van der Waals surface area contributed by atoms with E-state index >= 15 is 0 Å². The summed E-state index contributed by atoms with van der Waals surface area (Å²) in [6, 6.07) is 12.5. The van der Waals surface area contributed by atoms with Crippen molar-refractivity contribution in [3.63, 3.8) is 0 Å². The summed E-state index contributed by atoms with van der Waals surface area (Å²) in [7, 11) is -4.23. The van der Waals surface area contributed by atoms with E-state index in [-0.39, 0.29) is 5.75 Å². The van der Waals surface area contributed by atoms with Crippen molar-refractivity contribution in [1.82, 2.24) is 0 Å². The number of phosphoric ester groups is 1. The zero-order valence-electron chi connectivity index (χ0n) is 8.04. The molecule has 2 aromatic carbocycles. The molecule has 1 unspecified atom stereocenters. The Hall–Kier alpha value is -1.06. The highest BCUT2D eigenvalue weighted by atomic mass is 35.5. The summed E-state index contributed by atoms with van der Waals surface area (Å²) >= 11 is 4.86. The number of halogens is 1. The van der Waals surface area contributed by atoms with E-state index in [0.29, 0.717) is 5.39 Å². The molecule has 0 saturated carbocycles. The molecule has 0 saturated heterocycles. The van der Waals surface area contributed by atoms with Crippen LogP contribution in [0.4, 0.5) is 0 Å². The number of rotatable bonds is 3. The Kier molecular flexibility index (Phi) is 3.17. The molecule has 2 aromatic rings. The van der Waals surface area contributed by atoms with Gasteiger partial charge in [-0.3, -0.25) is 4.89 Å². The fraction of sp³-hybridized carbons (Fsp3) is 0. The molecule has 84 valence electrons. The number of hydrogen-bond donors (Lipinski definition) is 1. The lowest BCUT2D eigenvalue weighted by molar-refractivity contribution is 0.301. The molecule has 4 nitrogen and oxygen atoms in total. The van der Waals surface area contributed by atoms with Crippen molar-refractivity contribution in [2.24, 2.45) is 0 Å². The van der Waals surface area contributed by atoms with Crippen LogP contribution in [-0.2, 0) is 8.64 Å². The monoisotopic (exact) mass is 258 g/mol. The zero-order chi connectivity index (χ0) is 11.6. The topological polar surface area (TPSA) is 55.8 Å². The fourth-order valence-electron chi connectivity index (χ4n) is 1.41. The van der Waals surface area contributed by atoms with Crippen molar-refractivity contribution in [3.05, 3.63) is 42.5 Å². The normalized spacial score (nSPS) is 14.6. The molecule has 1 atom stereocenters. The van der Waals surface area contributed by atoms with E-state index in [1.807, 2.05) is 18.2 Å². The van der Waals surface area contributed by atoms with Crippen LogP contribution in [0.3, 0.4) is 0 Å². The van der Waals surface area contributed by atoms with Crippen molar-refractivity contribution in [2.75, 3.05) is 0 Å². The second kappa shape index (κ2) is 4.44. The van der Waals surface area contributed by atoms with Crippen LogP contribution >= 0.6 is 19.7 Å². The summed E-state index contributed by atoms with van der Waals surface area (Å²) in [5.74, 6) is 0.254. The molecule has 0 spiro atoms. The van der Waals surface area contributed by atoms with Gasteiger partial charge in [0.05, 0.1) is 11.9 Å². The Morgan fingerprint density at radius 1 is 1.12 bits per heavy atom. The van der Waals surface area contributed by atoms with Crippen LogP contribution in [0, 0.1) is 0 Å². The van der Waals surface area contributed by atoms with Gasteiger partial charge < -0.3 is 4.52 Å². The van der Waals surface area contributed by atoms with Crippen molar-refractivity contribution >= 4 is 30.5 Å². The highest BCUT2D eigenvalue weighted by Crippen LogP contribution is 2.46. The molecule has 0 amide bonds. The minimum atomic E-state index is -4.23. The van der Waals surface area contributed by atoms with E-state index in [0.717, 1.165) is 5.39 Å². The molecule has 6 heteroatoms. The van der Waals surface area contributed by atoms with Gasteiger partial charge in [0.2, 0.25) is 0 Å². The third kappa shape index (κ3) is 2.36. The maximum atomic E-state index is 11.2. The third-order valence-electron chi connectivity index (χ3n) is 2.05. The van der Waals surface area contributed by atoms with E-state index in [4.69, 9.17) is 21.3 Å². The van der Waals surface area contributed by atoms with Gasteiger partial charge in [0.1, 0.15) is 5.75 Å². The van der Waals surface area contributed by atoms with Gasteiger partial charge in [-0.1, -0.05) is 36.4 Å². The second-order valence-corrected chi connectivity index (χ2v) is 4.78. The highest BCUT2D eigenvalue weighted by molar-refractivity contribution is 7.48. The fourth-order valence-corrected chi connectivity index (χ4v) is 1.93. The van der Waals surface area contributed by atoms with E-state index in [9.17, 15) is 4.57 Å². The number of fused-ring (bicyclic) bond motifs is 1. The van der Waals surface area contributed by atoms with Crippen molar-refractivity contribution in [3.8, 4) is 5.75 Å². The van der Waals surface area contributed by atoms with Gasteiger partial charge in [0, 0.05) is 5.39 Å². The van der Waals surface area contributed by atoms with Crippen molar-refractivity contribution < 1.29 is 18.1 Å². The first-order valence-corrected chi connectivity index (χ1v) is 6.23. The molecule has 0 aliphatic carbocycles. The van der Waals surface area contributed by atoms with Gasteiger partial charge in [0.25, 0.3) is 0 Å². The molecule has 2 rings (SSSR count). The summed E-state index contributed by atoms with van der Waals surface area (Å²) in [5, 5.41) is 1.61. The summed E-state index contributed by atoms with van der Waals surface area (Å²) in [5.41, 5.74) is 0. The van der Waals surface area contributed by atoms with Crippen LogP contribution in [0.25, 0.3) is 10.8 Å². The predicted molar refractivity (Wildman–Crippen MR) is 61.3 cm³/mol. The maximum Gasteiger partial charge on any atom is 0.544 e. The summed E-state index contributed by atoms with van der Waals surface area (Å²) < 4.78 is 19.8. The smallest absolute Gasteiger partial charge is 0.403 e. The Morgan fingerprint density at radius 3 is 2.56 bits per heavy atom. The summed E-state index contributed by atoms with van der Waals surface area (Å²) in [4.78, 5) is 9.12. The van der Waals surface area contributed by atoms with Crippen LogP contribution in [0.2, 0.25) is 0 Å². The molecular weight excluding hydrogens is 251 g/mol. The predicted octanol–water partition coefficient (Wildman–Crippen LogP) is 3.49. The number of hydrogen-bond acceptors (Lipinski definition) is 3. The zero-order valence-corrected chi connectivity index (χ0v) is 9.69. The van der Waals surface area contributed by atoms with Crippen LogP contribution in [-0.4, -0.2) is 4.89 Å². The van der Waals surface area contributed by atoms with Gasteiger partial charge in [-0.05, 0) is 11.5 Å². The molecule has 0 aliphatic rings. The van der Waals surface area contributed by atoms with Crippen LogP contribution < -0.4 is 4.52 Å². The molecule has 0 radical (unpaired) electrons. The number of benzene rings is 2. The third-order valence-corrected chi connectivity index (χ3v) is 3.18.